The van der Waals surface area contributed by atoms with Gasteiger partial charge in [0.2, 0.25) is 0 Å². The monoisotopic (exact) mass is 195 g/mol. The Kier molecular flexibility index (Phi) is 2.63. The van der Waals surface area contributed by atoms with Crippen molar-refractivity contribution in [2.75, 3.05) is 6.54 Å². The first kappa shape index (κ1) is 10.5. The van der Waals surface area contributed by atoms with E-state index in [1.54, 1.807) is 0 Å². The highest BCUT2D eigenvalue weighted by Gasteiger charge is 2.44. The lowest BCUT2D eigenvalue weighted by molar-refractivity contribution is 0.0704. The Hall–Kier alpha value is -0.0400. The van der Waals surface area contributed by atoms with Crippen LogP contribution in [0.5, 0.6) is 0 Å². The molecule has 0 aromatic heterocycles. The van der Waals surface area contributed by atoms with Crippen molar-refractivity contribution in [1.82, 2.24) is 0 Å². The Morgan fingerprint density at radius 1 is 1.29 bits per heavy atom. The second-order valence-corrected chi connectivity index (χ2v) is 6.39. The van der Waals surface area contributed by atoms with Crippen LogP contribution in [-0.2, 0) is 0 Å². The lowest BCUT2D eigenvalue weighted by Gasteiger charge is -2.45. The molecular weight excluding hydrogens is 170 g/mol. The maximum atomic E-state index is 6.02. The second kappa shape index (κ2) is 3.52. The molecule has 0 amide bonds. The van der Waals surface area contributed by atoms with Crippen LogP contribution in [0.3, 0.4) is 0 Å². The molecule has 2 saturated carbocycles. The van der Waals surface area contributed by atoms with Crippen LogP contribution >= 0.6 is 0 Å². The highest BCUT2D eigenvalue weighted by atomic mass is 14.6. The molecule has 0 aliphatic heterocycles. The maximum absolute atomic E-state index is 6.02. The highest BCUT2D eigenvalue weighted by molar-refractivity contribution is 4.96. The van der Waals surface area contributed by atoms with Gasteiger partial charge in [0.15, 0.2) is 0 Å². The fourth-order valence-corrected chi connectivity index (χ4v) is 3.78. The Balaban J connectivity index is 1.98. The molecule has 0 spiro atoms. The van der Waals surface area contributed by atoms with Crippen LogP contribution in [0.25, 0.3) is 0 Å². The number of hydrogen-bond donors (Lipinski definition) is 1. The van der Waals surface area contributed by atoms with Gasteiger partial charge in [-0.3, -0.25) is 0 Å². The summed E-state index contributed by atoms with van der Waals surface area (Å²) >= 11 is 0. The average Bonchev–Trinajstić information content (AvgIpc) is 2.46. The molecule has 0 saturated heterocycles. The second-order valence-electron chi connectivity index (χ2n) is 6.39. The fourth-order valence-electron chi connectivity index (χ4n) is 3.78. The predicted octanol–water partition coefficient (Wildman–Crippen LogP) is 3.33. The Morgan fingerprint density at radius 3 is 2.36 bits per heavy atom. The lowest BCUT2D eigenvalue weighted by Crippen LogP contribution is -2.37. The molecule has 82 valence electrons. The Bertz CT molecular complexity index is 207. The zero-order valence-corrected chi connectivity index (χ0v) is 9.81. The summed E-state index contributed by atoms with van der Waals surface area (Å²) in [5.41, 5.74) is 7.20. The van der Waals surface area contributed by atoms with Gasteiger partial charge in [0, 0.05) is 0 Å². The summed E-state index contributed by atoms with van der Waals surface area (Å²) in [6.45, 7) is 5.78. The first-order valence-electron chi connectivity index (χ1n) is 6.28. The van der Waals surface area contributed by atoms with Crippen LogP contribution in [0, 0.1) is 16.7 Å². The van der Waals surface area contributed by atoms with Crippen molar-refractivity contribution in [3.05, 3.63) is 0 Å². The summed E-state index contributed by atoms with van der Waals surface area (Å²) in [4.78, 5) is 0. The van der Waals surface area contributed by atoms with Crippen molar-refractivity contribution in [1.29, 1.82) is 0 Å². The van der Waals surface area contributed by atoms with Gasteiger partial charge in [0.25, 0.3) is 0 Å². The van der Waals surface area contributed by atoms with E-state index in [9.17, 15) is 0 Å². The predicted molar refractivity (Wildman–Crippen MR) is 61.1 cm³/mol. The van der Waals surface area contributed by atoms with Gasteiger partial charge in [0.05, 0.1) is 0 Å². The smallest absolute Gasteiger partial charge is 0.00202 e. The quantitative estimate of drug-likeness (QED) is 0.734. The van der Waals surface area contributed by atoms with E-state index in [2.05, 4.69) is 13.8 Å². The van der Waals surface area contributed by atoms with Gasteiger partial charge in [-0.1, -0.05) is 26.7 Å². The van der Waals surface area contributed by atoms with Gasteiger partial charge in [-0.25, -0.2) is 0 Å². The van der Waals surface area contributed by atoms with Crippen molar-refractivity contribution >= 4 is 0 Å². The Labute approximate surface area is 88.4 Å². The van der Waals surface area contributed by atoms with Crippen LogP contribution in [0.1, 0.15) is 58.8 Å². The first-order valence-corrected chi connectivity index (χ1v) is 6.28. The molecule has 0 aromatic carbocycles. The first-order chi connectivity index (χ1) is 6.58. The molecule has 2 fully saturated rings. The zero-order chi connectivity index (χ0) is 10.2. The molecule has 2 rings (SSSR count). The summed E-state index contributed by atoms with van der Waals surface area (Å²) in [6.07, 6.45) is 9.94. The van der Waals surface area contributed by atoms with Gasteiger partial charge in [0.1, 0.15) is 0 Å². The van der Waals surface area contributed by atoms with Crippen molar-refractivity contribution < 1.29 is 0 Å². The van der Waals surface area contributed by atoms with Crippen LogP contribution in [0.4, 0.5) is 0 Å². The maximum Gasteiger partial charge on any atom is -0.00202 e. The van der Waals surface area contributed by atoms with E-state index in [1.807, 2.05) is 0 Å². The summed E-state index contributed by atoms with van der Waals surface area (Å²) in [5, 5.41) is 0. The molecule has 2 N–H and O–H groups in total. The molecule has 0 heterocycles. The fraction of sp³-hybridized carbons (Fsp3) is 1.00. The normalized spacial score (nSPS) is 40.9. The van der Waals surface area contributed by atoms with Gasteiger partial charge < -0.3 is 5.73 Å². The summed E-state index contributed by atoms with van der Waals surface area (Å²) < 4.78 is 0. The van der Waals surface area contributed by atoms with Gasteiger partial charge >= 0.3 is 0 Å². The number of hydrogen-bond acceptors (Lipinski definition) is 1. The molecule has 14 heavy (non-hydrogen) atoms. The van der Waals surface area contributed by atoms with Crippen LogP contribution < -0.4 is 5.73 Å². The van der Waals surface area contributed by atoms with Crippen LogP contribution in [-0.4, -0.2) is 6.54 Å². The van der Waals surface area contributed by atoms with Crippen molar-refractivity contribution in [2.24, 2.45) is 22.5 Å². The highest BCUT2D eigenvalue weighted by Crippen LogP contribution is 2.54. The molecular formula is C13H25N. The molecule has 0 radical (unpaired) electrons. The molecule has 1 nitrogen and oxygen atoms in total. The number of rotatable bonds is 3. The molecule has 0 bridgehead atoms. The van der Waals surface area contributed by atoms with Gasteiger partial charge in [-0.15, -0.1) is 0 Å². The molecule has 2 atom stereocenters. The largest absolute Gasteiger partial charge is 0.330 e. The van der Waals surface area contributed by atoms with E-state index >= 15 is 0 Å². The van der Waals surface area contributed by atoms with E-state index in [0.717, 1.165) is 12.5 Å². The third-order valence-corrected chi connectivity index (χ3v) is 4.74. The zero-order valence-electron chi connectivity index (χ0n) is 9.81. The van der Waals surface area contributed by atoms with Crippen LogP contribution in [0.2, 0.25) is 0 Å². The lowest BCUT2D eigenvalue weighted by atomic mass is 9.61. The van der Waals surface area contributed by atoms with E-state index in [-0.39, 0.29) is 0 Å². The molecule has 2 unspecified atom stereocenters. The minimum Gasteiger partial charge on any atom is -0.330 e. The summed E-state index contributed by atoms with van der Waals surface area (Å²) in [7, 11) is 0. The van der Waals surface area contributed by atoms with E-state index in [1.165, 1.54) is 44.9 Å². The van der Waals surface area contributed by atoms with E-state index in [0.29, 0.717) is 10.8 Å². The third kappa shape index (κ3) is 1.84. The average molecular weight is 195 g/mol. The summed E-state index contributed by atoms with van der Waals surface area (Å²) in [5.74, 6) is 0.919. The van der Waals surface area contributed by atoms with Crippen molar-refractivity contribution in [3.8, 4) is 0 Å². The standard InChI is InChI=1S/C13H25N/c1-11-4-7-13(8-11,10-14)9-12(2)5-3-6-12/h11H,3-10,14H2,1-2H3. The topological polar surface area (TPSA) is 26.0 Å². The number of nitrogens with two attached hydrogens (primary N) is 1. The Morgan fingerprint density at radius 2 is 2.00 bits per heavy atom. The van der Waals surface area contributed by atoms with Crippen LogP contribution in [0.15, 0.2) is 0 Å². The molecule has 0 aromatic rings. The third-order valence-electron chi connectivity index (χ3n) is 4.74. The van der Waals surface area contributed by atoms with Crippen molar-refractivity contribution in [3.63, 3.8) is 0 Å². The molecule has 2 aliphatic rings. The molecule has 1 heteroatoms. The minimum absolute atomic E-state index is 0.522. The van der Waals surface area contributed by atoms with E-state index in [4.69, 9.17) is 5.73 Å². The van der Waals surface area contributed by atoms with Crippen molar-refractivity contribution in [2.45, 2.75) is 58.8 Å². The SMILES string of the molecule is CC1CCC(CN)(CC2(C)CCC2)C1. The van der Waals surface area contributed by atoms with Gasteiger partial charge in [-0.2, -0.15) is 0 Å². The summed E-state index contributed by atoms with van der Waals surface area (Å²) in [6, 6.07) is 0. The minimum atomic E-state index is 0.522. The van der Waals surface area contributed by atoms with E-state index < -0.39 is 0 Å². The molecule has 2 aliphatic carbocycles. The van der Waals surface area contributed by atoms with Gasteiger partial charge in [-0.05, 0) is 55.4 Å².